The van der Waals surface area contributed by atoms with Crippen molar-refractivity contribution >= 4 is 33.4 Å². The van der Waals surface area contributed by atoms with E-state index >= 15 is 0 Å². The number of hydrogen-bond acceptors (Lipinski definition) is 5. The third-order valence-corrected chi connectivity index (χ3v) is 6.44. The average Bonchev–Trinajstić information content (AvgIpc) is 3.20. The van der Waals surface area contributed by atoms with Crippen molar-refractivity contribution in [2.75, 3.05) is 24.7 Å². The fourth-order valence-electron chi connectivity index (χ4n) is 2.78. The third-order valence-electron chi connectivity index (χ3n) is 4.28. The summed E-state index contributed by atoms with van der Waals surface area (Å²) >= 11 is 1.59. The van der Waals surface area contributed by atoms with Gasteiger partial charge in [0.2, 0.25) is 10.0 Å². The molecule has 0 spiro atoms. The Hall–Kier alpha value is -1.87. The summed E-state index contributed by atoms with van der Waals surface area (Å²) in [6.07, 6.45) is 3.71. The largest absolute Gasteiger partial charge is 0.377 e. The molecule has 2 aromatic carbocycles. The fraction of sp³-hybridized carbons (Fsp3) is 0.316. The van der Waals surface area contributed by atoms with Crippen LogP contribution in [0.2, 0.25) is 0 Å². The van der Waals surface area contributed by atoms with Gasteiger partial charge in [-0.05, 0) is 61.6 Å². The highest BCUT2D eigenvalue weighted by molar-refractivity contribution is 7.98. The standard InChI is InChI=1S/C19H22N2O4S2/c1-26-17-6-2-4-15(12-17)21-19(22)14-7-9-18(10-8-14)27(23,24)20-13-16-5-3-11-25-16/h2,4,6-10,12,16,20H,3,5,11,13H2,1H3,(H,21,22)/t16-/m0/s1. The minimum atomic E-state index is -3.62. The number of rotatable bonds is 7. The van der Waals surface area contributed by atoms with Crippen molar-refractivity contribution in [2.45, 2.75) is 28.7 Å². The molecule has 1 atom stereocenters. The minimum Gasteiger partial charge on any atom is -0.377 e. The summed E-state index contributed by atoms with van der Waals surface area (Å²) in [6, 6.07) is 13.4. The molecule has 1 heterocycles. The lowest BCUT2D eigenvalue weighted by Crippen LogP contribution is -2.31. The van der Waals surface area contributed by atoms with E-state index in [1.54, 1.807) is 11.8 Å². The molecule has 1 saturated heterocycles. The molecule has 1 amide bonds. The first kappa shape index (κ1) is 19.9. The van der Waals surface area contributed by atoms with Crippen LogP contribution in [-0.2, 0) is 14.8 Å². The van der Waals surface area contributed by atoms with Crippen LogP contribution in [0.1, 0.15) is 23.2 Å². The maximum atomic E-state index is 12.4. The second kappa shape index (κ2) is 8.88. The zero-order valence-electron chi connectivity index (χ0n) is 15.0. The number of anilines is 1. The van der Waals surface area contributed by atoms with E-state index in [0.29, 0.717) is 17.9 Å². The minimum absolute atomic E-state index is 0.0677. The van der Waals surface area contributed by atoms with E-state index in [9.17, 15) is 13.2 Å². The maximum Gasteiger partial charge on any atom is 0.255 e. The first-order valence-electron chi connectivity index (χ1n) is 8.65. The van der Waals surface area contributed by atoms with Crippen LogP contribution in [0.3, 0.4) is 0 Å². The van der Waals surface area contributed by atoms with Gasteiger partial charge in [0.15, 0.2) is 0 Å². The molecule has 1 aliphatic heterocycles. The lowest BCUT2D eigenvalue weighted by atomic mass is 10.2. The second-order valence-electron chi connectivity index (χ2n) is 6.20. The molecule has 27 heavy (non-hydrogen) atoms. The molecule has 0 aliphatic carbocycles. The summed E-state index contributed by atoms with van der Waals surface area (Å²) in [5, 5.41) is 2.82. The number of thioether (sulfide) groups is 1. The molecule has 144 valence electrons. The van der Waals surface area contributed by atoms with Gasteiger partial charge in [-0.3, -0.25) is 4.79 Å². The van der Waals surface area contributed by atoms with Gasteiger partial charge in [0, 0.05) is 29.3 Å². The van der Waals surface area contributed by atoms with E-state index in [0.717, 1.165) is 17.7 Å². The van der Waals surface area contributed by atoms with Crippen molar-refractivity contribution in [3.63, 3.8) is 0 Å². The molecule has 0 unspecified atom stereocenters. The van der Waals surface area contributed by atoms with Crippen molar-refractivity contribution in [1.29, 1.82) is 0 Å². The van der Waals surface area contributed by atoms with Gasteiger partial charge in [-0.2, -0.15) is 0 Å². The van der Waals surface area contributed by atoms with Crippen molar-refractivity contribution < 1.29 is 17.9 Å². The SMILES string of the molecule is CSc1cccc(NC(=O)c2ccc(S(=O)(=O)NC[C@@H]3CCCO3)cc2)c1. The topological polar surface area (TPSA) is 84.5 Å². The Morgan fingerprint density at radius 1 is 1.22 bits per heavy atom. The Morgan fingerprint density at radius 2 is 2.00 bits per heavy atom. The van der Waals surface area contributed by atoms with E-state index in [1.807, 2.05) is 30.5 Å². The number of benzene rings is 2. The normalized spacial score (nSPS) is 17.0. The predicted molar refractivity (Wildman–Crippen MR) is 107 cm³/mol. The highest BCUT2D eigenvalue weighted by Gasteiger charge is 2.20. The summed E-state index contributed by atoms with van der Waals surface area (Å²) in [7, 11) is -3.62. The zero-order chi connectivity index (χ0) is 19.3. The van der Waals surface area contributed by atoms with Crippen LogP contribution in [0.5, 0.6) is 0 Å². The number of carbonyl (C=O) groups excluding carboxylic acids is 1. The Kier molecular flexibility index (Phi) is 6.54. The lowest BCUT2D eigenvalue weighted by molar-refractivity contribution is 0.102. The summed E-state index contributed by atoms with van der Waals surface area (Å²) in [6.45, 7) is 0.937. The smallest absolute Gasteiger partial charge is 0.255 e. The van der Waals surface area contributed by atoms with Crippen molar-refractivity contribution in [2.24, 2.45) is 0 Å². The molecule has 3 rings (SSSR count). The molecule has 8 heteroatoms. The van der Waals surface area contributed by atoms with Crippen LogP contribution in [0.15, 0.2) is 58.3 Å². The Balaban J connectivity index is 1.63. The van der Waals surface area contributed by atoms with E-state index in [2.05, 4.69) is 10.0 Å². The first-order chi connectivity index (χ1) is 13.0. The van der Waals surface area contributed by atoms with Crippen molar-refractivity contribution in [1.82, 2.24) is 4.72 Å². The number of nitrogens with one attached hydrogen (secondary N) is 2. The molecule has 0 saturated carbocycles. The van der Waals surface area contributed by atoms with Crippen LogP contribution in [-0.4, -0.2) is 39.8 Å². The summed E-state index contributed by atoms with van der Waals surface area (Å²) < 4.78 is 32.7. The molecule has 0 bridgehead atoms. The average molecular weight is 407 g/mol. The molecule has 0 aromatic heterocycles. The molecule has 2 aromatic rings. The van der Waals surface area contributed by atoms with E-state index in [1.165, 1.54) is 24.3 Å². The Bertz CT molecular complexity index is 892. The molecule has 0 radical (unpaired) electrons. The van der Waals surface area contributed by atoms with Crippen LogP contribution in [0, 0.1) is 0 Å². The van der Waals surface area contributed by atoms with Crippen LogP contribution in [0.25, 0.3) is 0 Å². The highest BCUT2D eigenvalue weighted by Crippen LogP contribution is 2.20. The second-order valence-corrected chi connectivity index (χ2v) is 8.84. The van der Waals surface area contributed by atoms with Crippen LogP contribution < -0.4 is 10.0 Å². The number of ether oxygens (including phenoxy) is 1. The molecule has 1 aliphatic rings. The van der Waals surface area contributed by atoms with Crippen molar-refractivity contribution in [3.8, 4) is 0 Å². The van der Waals surface area contributed by atoms with Crippen LogP contribution >= 0.6 is 11.8 Å². The first-order valence-corrected chi connectivity index (χ1v) is 11.4. The number of sulfonamides is 1. The summed E-state index contributed by atoms with van der Waals surface area (Å²) in [4.78, 5) is 13.5. The molecule has 1 fully saturated rings. The number of carbonyl (C=O) groups is 1. The van der Waals surface area contributed by atoms with Gasteiger partial charge in [-0.15, -0.1) is 11.8 Å². The summed E-state index contributed by atoms with van der Waals surface area (Å²) in [5.74, 6) is -0.287. The van der Waals surface area contributed by atoms with Gasteiger partial charge in [0.05, 0.1) is 11.0 Å². The van der Waals surface area contributed by atoms with E-state index in [-0.39, 0.29) is 23.5 Å². The monoisotopic (exact) mass is 406 g/mol. The van der Waals surface area contributed by atoms with Gasteiger partial charge < -0.3 is 10.1 Å². The molecular formula is C19H22N2O4S2. The maximum absolute atomic E-state index is 12.4. The Labute approximate surface area is 163 Å². The highest BCUT2D eigenvalue weighted by atomic mass is 32.2. The van der Waals surface area contributed by atoms with Gasteiger partial charge in [-0.25, -0.2) is 13.1 Å². The number of amides is 1. The molecule has 2 N–H and O–H groups in total. The van der Waals surface area contributed by atoms with Gasteiger partial charge in [0.1, 0.15) is 0 Å². The lowest BCUT2D eigenvalue weighted by Gasteiger charge is -2.12. The van der Waals surface area contributed by atoms with Crippen molar-refractivity contribution in [3.05, 3.63) is 54.1 Å². The predicted octanol–water partition coefficient (Wildman–Crippen LogP) is 3.12. The van der Waals surface area contributed by atoms with Crippen LogP contribution in [0.4, 0.5) is 5.69 Å². The van der Waals surface area contributed by atoms with Gasteiger partial charge >= 0.3 is 0 Å². The molecule has 6 nitrogen and oxygen atoms in total. The summed E-state index contributed by atoms with van der Waals surface area (Å²) in [5.41, 5.74) is 1.09. The molecular weight excluding hydrogens is 384 g/mol. The zero-order valence-corrected chi connectivity index (χ0v) is 16.6. The van der Waals surface area contributed by atoms with Gasteiger partial charge in [0.25, 0.3) is 5.91 Å². The van der Waals surface area contributed by atoms with E-state index < -0.39 is 10.0 Å². The quantitative estimate of drug-likeness (QED) is 0.690. The third kappa shape index (κ3) is 5.32. The Morgan fingerprint density at radius 3 is 2.67 bits per heavy atom. The van der Waals surface area contributed by atoms with Gasteiger partial charge in [-0.1, -0.05) is 6.07 Å². The van der Waals surface area contributed by atoms with E-state index in [4.69, 9.17) is 4.74 Å². The number of hydrogen-bond donors (Lipinski definition) is 2. The fourth-order valence-corrected chi connectivity index (χ4v) is 4.31.